The van der Waals surface area contributed by atoms with E-state index in [1.807, 2.05) is 38.1 Å². The van der Waals surface area contributed by atoms with E-state index in [0.29, 0.717) is 23.1 Å². The predicted molar refractivity (Wildman–Crippen MR) is 102 cm³/mol. The highest BCUT2D eigenvalue weighted by Gasteiger charge is 2.15. The molecule has 1 aromatic heterocycles. The highest BCUT2D eigenvalue weighted by molar-refractivity contribution is 7.89. The molecule has 7 heteroatoms. The zero-order valence-electron chi connectivity index (χ0n) is 14.5. The van der Waals surface area contributed by atoms with Gasteiger partial charge in [0.25, 0.3) is 0 Å². The van der Waals surface area contributed by atoms with Crippen molar-refractivity contribution in [3.8, 4) is 11.5 Å². The molecule has 3 rings (SSSR count). The molecule has 26 heavy (non-hydrogen) atoms. The first-order valence-electron chi connectivity index (χ1n) is 8.14. The molecule has 0 bridgehead atoms. The summed E-state index contributed by atoms with van der Waals surface area (Å²) < 4.78 is 32.9. The van der Waals surface area contributed by atoms with Gasteiger partial charge in [-0.05, 0) is 50.2 Å². The van der Waals surface area contributed by atoms with Crippen molar-refractivity contribution in [2.24, 2.45) is 0 Å². The van der Waals surface area contributed by atoms with E-state index < -0.39 is 10.0 Å². The Morgan fingerprint density at radius 3 is 2.35 bits per heavy atom. The summed E-state index contributed by atoms with van der Waals surface area (Å²) in [6.45, 7) is 4.07. The van der Waals surface area contributed by atoms with E-state index in [1.165, 1.54) is 12.1 Å². The number of nitrogens with one attached hydrogen (secondary N) is 1. The molecule has 0 saturated heterocycles. The first-order chi connectivity index (χ1) is 12.3. The molecular formula is C19H19ClN2O3S. The van der Waals surface area contributed by atoms with Gasteiger partial charge in [0, 0.05) is 23.6 Å². The van der Waals surface area contributed by atoms with Gasteiger partial charge in [-0.25, -0.2) is 18.1 Å². The Labute approximate surface area is 158 Å². The number of aromatic nitrogens is 1. The Bertz CT molecular complexity index is 994. The molecule has 0 saturated carbocycles. The van der Waals surface area contributed by atoms with Gasteiger partial charge < -0.3 is 4.42 Å². The number of halogens is 1. The van der Waals surface area contributed by atoms with Crippen LogP contribution in [0.25, 0.3) is 11.5 Å². The minimum atomic E-state index is -3.58. The van der Waals surface area contributed by atoms with Crippen molar-refractivity contribution >= 4 is 21.6 Å². The van der Waals surface area contributed by atoms with Crippen molar-refractivity contribution in [2.45, 2.75) is 25.2 Å². The Morgan fingerprint density at radius 1 is 1.04 bits per heavy atom. The number of hydrogen-bond donors (Lipinski definition) is 1. The second-order valence-electron chi connectivity index (χ2n) is 5.99. The van der Waals surface area contributed by atoms with Gasteiger partial charge in [-0.15, -0.1) is 0 Å². The largest absolute Gasteiger partial charge is 0.441 e. The van der Waals surface area contributed by atoms with Crippen LogP contribution >= 0.6 is 11.6 Å². The molecule has 5 nitrogen and oxygen atoms in total. The lowest BCUT2D eigenvalue weighted by Crippen LogP contribution is -2.26. The topological polar surface area (TPSA) is 72.2 Å². The molecule has 0 amide bonds. The molecule has 0 unspecified atom stereocenters. The lowest BCUT2D eigenvalue weighted by molar-refractivity contribution is 0.538. The Hall–Kier alpha value is -2.15. The second kappa shape index (κ2) is 7.61. The van der Waals surface area contributed by atoms with Gasteiger partial charge >= 0.3 is 0 Å². The van der Waals surface area contributed by atoms with Crippen LogP contribution in [0.1, 0.15) is 17.0 Å². The smallest absolute Gasteiger partial charge is 0.240 e. The molecule has 0 aliphatic carbocycles. The Kier molecular flexibility index (Phi) is 5.46. The second-order valence-corrected chi connectivity index (χ2v) is 8.19. The van der Waals surface area contributed by atoms with Gasteiger partial charge in [0.2, 0.25) is 15.9 Å². The van der Waals surface area contributed by atoms with Gasteiger partial charge in [-0.1, -0.05) is 29.3 Å². The van der Waals surface area contributed by atoms with Crippen LogP contribution in [0.4, 0.5) is 0 Å². The van der Waals surface area contributed by atoms with Crippen LogP contribution in [0.2, 0.25) is 5.02 Å². The van der Waals surface area contributed by atoms with E-state index in [0.717, 1.165) is 16.8 Å². The number of oxazole rings is 1. The van der Waals surface area contributed by atoms with E-state index in [1.54, 1.807) is 12.1 Å². The maximum atomic E-state index is 12.3. The summed E-state index contributed by atoms with van der Waals surface area (Å²) in [6, 6.07) is 13.9. The van der Waals surface area contributed by atoms with Gasteiger partial charge in [0.1, 0.15) is 5.76 Å². The lowest BCUT2D eigenvalue weighted by atomic mass is 10.1. The molecule has 0 aliphatic rings. The number of rotatable bonds is 6. The summed E-state index contributed by atoms with van der Waals surface area (Å²) in [5, 5.41) is 0.491. The van der Waals surface area contributed by atoms with Crippen LogP contribution in [0.15, 0.2) is 57.8 Å². The molecule has 0 aliphatic heterocycles. The standard InChI is InChI=1S/C19H19ClN2O3S/c1-13-3-5-15(6-4-13)19-22-18(14(2)25-19)11-12-21-26(23,24)17-9-7-16(20)8-10-17/h3-10,21H,11-12H2,1-2H3. The molecular weight excluding hydrogens is 372 g/mol. The maximum absolute atomic E-state index is 12.3. The number of aryl methyl sites for hydroxylation is 2. The zero-order valence-corrected chi connectivity index (χ0v) is 16.1. The highest BCUT2D eigenvalue weighted by atomic mass is 35.5. The van der Waals surface area contributed by atoms with Crippen LogP contribution in [0.3, 0.4) is 0 Å². The third-order valence-corrected chi connectivity index (χ3v) is 5.70. The Balaban J connectivity index is 1.66. The highest BCUT2D eigenvalue weighted by Crippen LogP contribution is 2.22. The van der Waals surface area contributed by atoms with Crippen LogP contribution in [0, 0.1) is 13.8 Å². The monoisotopic (exact) mass is 390 g/mol. The van der Waals surface area contributed by atoms with Crippen molar-refractivity contribution < 1.29 is 12.8 Å². The minimum Gasteiger partial charge on any atom is -0.441 e. The fourth-order valence-electron chi connectivity index (χ4n) is 2.48. The molecule has 136 valence electrons. The molecule has 0 atom stereocenters. The average Bonchev–Trinajstić information content (AvgIpc) is 2.97. The third kappa shape index (κ3) is 4.33. The number of sulfonamides is 1. The molecule has 1 N–H and O–H groups in total. The Morgan fingerprint density at radius 2 is 1.69 bits per heavy atom. The molecule has 2 aromatic carbocycles. The SMILES string of the molecule is Cc1ccc(-c2nc(CCNS(=O)(=O)c3ccc(Cl)cc3)c(C)o2)cc1. The summed E-state index contributed by atoms with van der Waals surface area (Å²) in [5.74, 6) is 1.23. The summed E-state index contributed by atoms with van der Waals surface area (Å²) in [7, 11) is -3.58. The van der Waals surface area contributed by atoms with Crippen LogP contribution in [-0.4, -0.2) is 19.9 Å². The fourth-order valence-corrected chi connectivity index (χ4v) is 3.64. The van der Waals surface area contributed by atoms with Gasteiger partial charge in [-0.2, -0.15) is 0 Å². The van der Waals surface area contributed by atoms with Crippen LogP contribution in [0.5, 0.6) is 0 Å². The van der Waals surface area contributed by atoms with Gasteiger partial charge in [0.05, 0.1) is 10.6 Å². The fraction of sp³-hybridized carbons (Fsp3) is 0.211. The van der Waals surface area contributed by atoms with Crippen molar-refractivity contribution in [1.82, 2.24) is 9.71 Å². The van der Waals surface area contributed by atoms with Crippen molar-refractivity contribution in [2.75, 3.05) is 6.54 Å². The molecule has 0 fully saturated rings. The van der Waals surface area contributed by atoms with Crippen molar-refractivity contribution in [1.29, 1.82) is 0 Å². The lowest BCUT2D eigenvalue weighted by Gasteiger charge is -2.06. The van der Waals surface area contributed by atoms with E-state index in [-0.39, 0.29) is 11.4 Å². The number of nitrogens with zero attached hydrogens (tertiary/aromatic N) is 1. The molecule has 3 aromatic rings. The average molecular weight is 391 g/mol. The quantitative estimate of drug-likeness (QED) is 0.686. The number of benzene rings is 2. The summed E-state index contributed by atoms with van der Waals surface area (Å²) in [6.07, 6.45) is 0.439. The van der Waals surface area contributed by atoms with Crippen molar-refractivity contribution in [3.63, 3.8) is 0 Å². The molecule has 0 radical (unpaired) electrons. The summed E-state index contributed by atoms with van der Waals surface area (Å²) >= 11 is 5.79. The zero-order chi connectivity index (χ0) is 18.7. The van der Waals surface area contributed by atoms with E-state index in [2.05, 4.69) is 9.71 Å². The third-order valence-electron chi connectivity index (χ3n) is 3.97. The van der Waals surface area contributed by atoms with Crippen LogP contribution < -0.4 is 4.72 Å². The van der Waals surface area contributed by atoms with Gasteiger partial charge in [-0.3, -0.25) is 0 Å². The normalized spacial score (nSPS) is 11.7. The van der Waals surface area contributed by atoms with Crippen molar-refractivity contribution in [3.05, 3.63) is 70.6 Å². The summed E-state index contributed by atoms with van der Waals surface area (Å²) in [5.41, 5.74) is 2.79. The molecule has 1 heterocycles. The van der Waals surface area contributed by atoms with Crippen LogP contribution in [-0.2, 0) is 16.4 Å². The summed E-state index contributed by atoms with van der Waals surface area (Å²) in [4.78, 5) is 4.67. The first kappa shape index (κ1) is 18.6. The maximum Gasteiger partial charge on any atom is 0.240 e. The molecule has 0 spiro atoms. The van der Waals surface area contributed by atoms with E-state index in [9.17, 15) is 8.42 Å². The van der Waals surface area contributed by atoms with E-state index >= 15 is 0 Å². The number of hydrogen-bond acceptors (Lipinski definition) is 4. The first-order valence-corrected chi connectivity index (χ1v) is 10.00. The minimum absolute atomic E-state index is 0.180. The van der Waals surface area contributed by atoms with Gasteiger partial charge in [0.15, 0.2) is 0 Å². The van der Waals surface area contributed by atoms with E-state index in [4.69, 9.17) is 16.0 Å². The predicted octanol–water partition coefficient (Wildman–Crippen LogP) is 4.13.